The van der Waals surface area contributed by atoms with Gasteiger partial charge in [-0.25, -0.2) is 4.98 Å². The number of aromatic nitrogens is 1. The lowest BCUT2D eigenvalue weighted by Gasteiger charge is -2.34. The number of benzene rings is 1. The van der Waals surface area contributed by atoms with Gasteiger partial charge in [0.2, 0.25) is 0 Å². The molecule has 1 aromatic carbocycles. The number of thiazole rings is 1. The van der Waals surface area contributed by atoms with Gasteiger partial charge in [-0.3, -0.25) is 15.0 Å². The molecule has 1 aliphatic rings. The average Bonchev–Trinajstić information content (AvgIpc) is 3.00. The minimum absolute atomic E-state index is 0.115. The first-order valence-corrected chi connectivity index (χ1v) is 10.5. The fourth-order valence-electron chi connectivity index (χ4n) is 3.71. The number of nitrogens with one attached hydrogen (secondary N) is 1. The summed E-state index contributed by atoms with van der Waals surface area (Å²) < 4.78 is 5.61. The molecule has 2 heterocycles. The summed E-state index contributed by atoms with van der Waals surface area (Å²) in [5, 5.41) is 5.59. The molecule has 0 spiro atoms. The van der Waals surface area contributed by atoms with Gasteiger partial charge in [0.25, 0.3) is 5.91 Å². The van der Waals surface area contributed by atoms with Crippen molar-refractivity contribution in [1.82, 2.24) is 9.88 Å². The number of likely N-dealkylation sites (tertiary alicyclic amines) is 1. The lowest BCUT2D eigenvalue weighted by molar-refractivity contribution is 0.102. The van der Waals surface area contributed by atoms with Gasteiger partial charge in [0.15, 0.2) is 5.13 Å². The van der Waals surface area contributed by atoms with E-state index in [0.29, 0.717) is 10.7 Å². The zero-order valence-corrected chi connectivity index (χ0v) is 17.4. The summed E-state index contributed by atoms with van der Waals surface area (Å²) in [5.41, 5.74) is 1.62. The Kier molecular flexibility index (Phi) is 6.50. The molecule has 2 atom stereocenters. The molecule has 0 saturated carbocycles. The standard InChI is InChI=1S/C21H29N3O2S/c1-14(2)26-19-7-5-17(6-8-19)20(25)23-21-22-18(13-27-21)12-24-10-15(3)9-16(4)11-24/h5-8,13-16H,9-12H2,1-4H3,(H,22,23,25). The second kappa shape index (κ2) is 8.85. The lowest BCUT2D eigenvalue weighted by Crippen LogP contribution is -2.38. The van der Waals surface area contributed by atoms with Crippen LogP contribution in [0.4, 0.5) is 5.13 Å². The Morgan fingerprint density at radius 1 is 1.26 bits per heavy atom. The van der Waals surface area contributed by atoms with Crippen molar-refractivity contribution in [1.29, 1.82) is 0 Å². The third kappa shape index (κ3) is 5.78. The molecule has 0 radical (unpaired) electrons. The molecule has 1 fully saturated rings. The van der Waals surface area contributed by atoms with Gasteiger partial charge in [0.1, 0.15) is 5.75 Å². The number of rotatable bonds is 6. The first kappa shape index (κ1) is 19.8. The highest BCUT2D eigenvalue weighted by Gasteiger charge is 2.22. The van der Waals surface area contributed by atoms with E-state index in [-0.39, 0.29) is 12.0 Å². The number of hydrogen-bond acceptors (Lipinski definition) is 5. The van der Waals surface area contributed by atoms with Gasteiger partial charge in [-0.2, -0.15) is 0 Å². The van der Waals surface area contributed by atoms with Gasteiger partial charge in [-0.1, -0.05) is 13.8 Å². The quantitative estimate of drug-likeness (QED) is 0.783. The third-order valence-electron chi connectivity index (χ3n) is 4.59. The molecule has 1 saturated heterocycles. The lowest BCUT2D eigenvalue weighted by atomic mass is 9.92. The summed E-state index contributed by atoms with van der Waals surface area (Å²) in [6.45, 7) is 11.7. The van der Waals surface area contributed by atoms with Gasteiger partial charge in [-0.15, -0.1) is 11.3 Å². The average molecular weight is 388 g/mol. The van der Waals surface area contributed by atoms with Crippen LogP contribution in [0.3, 0.4) is 0 Å². The van der Waals surface area contributed by atoms with Crippen LogP contribution in [-0.2, 0) is 6.54 Å². The molecule has 1 amide bonds. The van der Waals surface area contributed by atoms with Crippen LogP contribution in [0, 0.1) is 11.8 Å². The molecule has 0 aliphatic carbocycles. The molecule has 3 rings (SSSR count). The molecule has 1 aliphatic heterocycles. The van der Waals surface area contributed by atoms with E-state index in [2.05, 4.69) is 29.0 Å². The molecular weight excluding hydrogens is 358 g/mol. The Labute approximate surface area is 165 Å². The Bertz CT molecular complexity index is 747. The van der Waals surface area contributed by atoms with Crippen LogP contribution in [0.1, 0.15) is 50.2 Å². The fraction of sp³-hybridized carbons (Fsp3) is 0.524. The molecule has 1 aromatic heterocycles. The van der Waals surface area contributed by atoms with Gasteiger partial charge < -0.3 is 4.74 Å². The largest absolute Gasteiger partial charge is 0.491 e. The van der Waals surface area contributed by atoms with E-state index >= 15 is 0 Å². The van der Waals surface area contributed by atoms with E-state index in [4.69, 9.17) is 4.74 Å². The van der Waals surface area contributed by atoms with Gasteiger partial charge in [0.05, 0.1) is 11.8 Å². The smallest absolute Gasteiger partial charge is 0.257 e. The molecule has 2 unspecified atom stereocenters. The monoisotopic (exact) mass is 387 g/mol. The van der Waals surface area contributed by atoms with Crippen LogP contribution in [-0.4, -0.2) is 35.0 Å². The first-order chi connectivity index (χ1) is 12.9. The molecule has 2 aromatic rings. The van der Waals surface area contributed by atoms with E-state index < -0.39 is 0 Å². The van der Waals surface area contributed by atoms with E-state index in [1.54, 1.807) is 12.1 Å². The summed E-state index contributed by atoms with van der Waals surface area (Å²) in [4.78, 5) is 19.5. The summed E-state index contributed by atoms with van der Waals surface area (Å²) in [7, 11) is 0. The first-order valence-electron chi connectivity index (χ1n) is 9.64. The maximum atomic E-state index is 12.4. The Morgan fingerprint density at radius 3 is 2.56 bits per heavy atom. The summed E-state index contributed by atoms with van der Waals surface area (Å²) >= 11 is 1.48. The number of anilines is 1. The topological polar surface area (TPSA) is 54.5 Å². The van der Waals surface area contributed by atoms with Crippen molar-refractivity contribution in [2.24, 2.45) is 11.8 Å². The van der Waals surface area contributed by atoms with Gasteiger partial charge in [0, 0.05) is 30.6 Å². The zero-order valence-electron chi connectivity index (χ0n) is 16.6. The Hall–Kier alpha value is -1.92. The van der Waals surface area contributed by atoms with Crippen molar-refractivity contribution >= 4 is 22.4 Å². The van der Waals surface area contributed by atoms with Crippen LogP contribution in [0.15, 0.2) is 29.6 Å². The highest BCUT2D eigenvalue weighted by molar-refractivity contribution is 7.13. The number of hydrogen-bond donors (Lipinski definition) is 1. The van der Waals surface area contributed by atoms with E-state index in [1.165, 1.54) is 17.8 Å². The third-order valence-corrected chi connectivity index (χ3v) is 5.40. The molecule has 1 N–H and O–H groups in total. The summed E-state index contributed by atoms with van der Waals surface area (Å²) in [6, 6.07) is 7.19. The number of carbonyl (C=O) groups is 1. The maximum absolute atomic E-state index is 12.4. The molecule has 27 heavy (non-hydrogen) atoms. The molecule has 6 heteroatoms. The van der Waals surface area contributed by atoms with Crippen LogP contribution in [0.5, 0.6) is 5.75 Å². The normalized spacial score (nSPS) is 20.6. The summed E-state index contributed by atoms with van der Waals surface area (Å²) in [6.07, 6.45) is 1.42. The molecule has 146 valence electrons. The zero-order chi connectivity index (χ0) is 19.4. The predicted molar refractivity (Wildman–Crippen MR) is 110 cm³/mol. The van der Waals surface area contributed by atoms with Crippen LogP contribution >= 0.6 is 11.3 Å². The predicted octanol–water partition coefficient (Wildman–Crippen LogP) is 4.66. The highest BCUT2D eigenvalue weighted by atomic mass is 32.1. The van der Waals surface area contributed by atoms with Crippen LogP contribution < -0.4 is 10.1 Å². The summed E-state index contributed by atoms with van der Waals surface area (Å²) in [5.74, 6) is 2.08. The van der Waals surface area contributed by atoms with Crippen molar-refractivity contribution in [3.05, 3.63) is 40.9 Å². The van der Waals surface area contributed by atoms with Crippen molar-refractivity contribution in [2.45, 2.75) is 46.8 Å². The molecular formula is C21H29N3O2S. The number of amides is 1. The second-order valence-electron chi connectivity index (χ2n) is 7.93. The maximum Gasteiger partial charge on any atom is 0.257 e. The number of carbonyl (C=O) groups excluding carboxylic acids is 1. The fourth-order valence-corrected chi connectivity index (χ4v) is 4.41. The highest BCUT2D eigenvalue weighted by Crippen LogP contribution is 2.24. The van der Waals surface area contributed by atoms with Crippen LogP contribution in [0.25, 0.3) is 0 Å². The minimum Gasteiger partial charge on any atom is -0.491 e. The van der Waals surface area contributed by atoms with Crippen molar-refractivity contribution < 1.29 is 9.53 Å². The second-order valence-corrected chi connectivity index (χ2v) is 8.79. The Balaban J connectivity index is 1.56. The molecule has 5 nitrogen and oxygen atoms in total. The number of ether oxygens (including phenoxy) is 1. The molecule has 0 bridgehead atoms. The van der Waals surface area contributed by atoms with Gasteiger partial charge in [-0.05, 0) is 56.4 Å². The van der Waals surface area contributed by atoms with E-state index in [0.717, 1.165) is 42.9 Å². The van der Waals surface area contributed by atoms with E-state index in [1.807, 2.05) is 31.4 Å². The van der Waals surface area contributed by atoms with Crippen LogP contribution in [0.2, 0.25) is 0 Å². The van der Waals surface area contributed by atoms with Crippen molar-refractivity contribution in [3.8, 4) is 5.75 Å². The Morgan fingerprint density at radius 2 is 1.93 bits per heavy atom. The van der Waals surface area contributed by atoms with Crippen molar-refractivity contribution in [2.75, 3.05) is 18.4 Å². The van der Waals surface area contributed by atoms with Gasteiger partial charge >= 0.3 is 0 Å². The van der Waals surface area contributed by atoms with E-state index in [9.17, 15) is 4.79 Å². The number of nitrogens with zero attached hydrogens (tertiary/aromatic N) is 2. The van der Waals surface area contributed by atoms with Crippen molar-refractivity contribution in [3.63, 3.8) is 0 Å². The number of piperidine rings is 1. The SMILES string of the molecule is CC1CC(C)CN(Cc2csc(NC(=O)c3ccc(OC(C)C)cc3)n2)C1. The minimum atomic E-state index is -0.146.